The molecule has 3 N–H and O–H groups in total. The molecule has 0 aliphatic heterocycles. The Morgan fingerprint density at radius 1 is 1.40 bits per heavy atom. The first kappa shape index (κ1) is 15.5. The second-order valence-electron chi connectivity index (χ2n) is 5.17. The molecular weight excluding hydrogens is 288 g/mol. The first-order chi connectivity index (χ1) is 9.54. The van der Waals surface area contributed by atoms with Crippen LogP contribution in [0.1, 0.15) is 43.0 Å². The van der Waals surface area contributed by atoms with Gasteiger partial charge in [0.25, 0.3) is 0 Å². The molecule has 2 unspecified atom stereocenters. The summed E-state index contributed by atoms with van der Waals surface area (Å²) in [6.45, 7) is 6.13. The van der Waals surface area contributed by atoms with E-state index in [1.165, 1.54) is 19.3 Å². The molecule has 0 aromatic carbocycles. The van der Waals surface area contributed by atoms with Gasteiger partial charge < -0.3 is 11.1 Å². The summed E-state index contributed by atoms with van der Waals surface area (Å²) in [5.41, 5.74) is 8.62. The van der Waals surface area contributed by atoms with Gasteiger partial charge in [-0.15, -0.1) is 5.10 Å². The molecular formula is C14H22N4S2. The number of thioether (sulfide) groups is 1. The molecule has 4 nitrogen and oxygen atoms in total. The number of hydrogen-bond acceptors (Lipinski definition) is 5. The van der Waals surface area contributed by atoms with Crippen molar-refractivity contribution < 1.29 is 0 Å². The molecule has 1 aromatic rings. The number of rotatable bonds is 5. The zero-order valence-corrected chi connectivity index (χ0v) is 13.9. The summed E-state index contributed by atoms with van der Waals surface area (Å²) in [6, 6.07) is 0.435. The monoisotopic (exact) mass is 310 g/mol. The Bertz CT molecular complexity index is 504. The lowest BCUT2D eigenvalue weighted by atomic mass is 10.1. The second-order valence-corrected chi connectivity index (χ2v) is 7.13. The molecule has 1 aliphatic rings. The maximum atomic E-state index is 5.87. The Balaban J connectivity index is 2.25. The van der Waals surface area contributed by atoms with Crippen molar-refractivity contribution in [2.75, 3.05) is 11.1 Å². The van der Waals surface area contributed by atoms with Crippen molar-refractivity contribution in [2.24, 2.45) is 5.73 Å². The Morgan fingerprint density at radius 3 is 2.80 bits per heavy atom. The maximum Gasteiger partial charge on any atom is 0.159 e. The molecule has 6 heteroatoms. The number of nitrogens with zero attached hydrogens (tertiary/aromatic N) is 2. The standard InChI is InChI=1S/C14H22N4S2/c1-4-20-11-7-5-6-10(11)16-14-12(13(15)19)8(2)9(3)17-18-14/h10-11H,4-7H2,1-3H3,(H2,15,19)(H,16,18). The normalized spacial score (nSPS) is 21.9. The second kappa shape index (κ2) is 6.72. The first-order valence-electron chi connectivity index (χ1n) is 7.06. The Labute approximate surface area is 130 Å². The van der Waals surface area contributed by atoms with Gasteiger partial charge in [0.15, 0.2) is 5.82 Å². The highest BCUT2D eigenvalue weighted by Gasteiger charge is 2.28. The predicted molar refractivity (Wildman–Crippen MR) is 90.6 cm³/mol. The molecule has 0 amide bonds. The smallest absolute Gasteiger partial charge is 0.159 e. The third-order valence-corrected chi connectivity index (χ3v) is 5.39. The van der Waals surface area contributed by atoms with Crippen LogP contribution in [0.25, 0.3) is 0 Å². The van der Waals surface area contributed by atoms with Crippen molar-refractivity contribution in [1.82, 2.24) is 10.2 Å². The van der Waals surface area contributed by atoms with Crippen molar-refractivity contribution in [1.29, 1.82) is 0 Å². The average molecular weight is 310 g/mol. The van der Waals surface area contributed by atoms with Gasteiger partial charge in [-0.25, -0.2) is 0 Å². The number of hydrogen-bond donors (Lipinski definition) is 2. The maximum absolute atomic E-state index is 5.87. The van der Waals surface area contributed by atoms with Crippen molar-refractivity contribution in [3.63, 3.8) is 0 Å². The van der Waals surface area contributed by atoms with E-state index in [2.05, 4.69) is 22.4 Å². The fourth-order valence-corrected chi connectivity index (χ4v) is 4.14. The fourth-order valence-electron chi connectivity index (χ4n) is 2.69. The molecule has 0 radical (unpaired) electrons. The molecule has 1 fully saturated rings. The van der Waals surface area contributed by atoms with Crippen LogP contribution in [0.2, 0.25) is 0 Å². The fraction of sp³-hybridized carbons (Fsp3) is 0.643. The van der Waals surface area contributed by atoms with Crippen LogP contribution in [0.3, 0.4) is 0 Å². The van der Waals surface area contributed by atoms with Crippen molar-refractivity contribution in [3.8, 4) is 0 Å². The van der Waals surface area contributed by atoms with E-state index in [1.54, 1.807) is 0 Å². The minimum Gasteiger partial charge on any atom is -0.389 e. The molecule has 0 saturated heterocycles. The third-order valence-electron chi connectivity index (χ3n) is 3.86. The number of anilines is 1. The molecule has 20 heavy (non-hydrogen) atoms. The largest absolute Gasteiger partial charge is 0.389 e. The highest BCUT2D eigenvalue weighted by molar-refractivity contribution is 7.99. The highest BCUT2D eigenvalue weighted by Crippen LogP contribution is 2.32. The van der Waals surface area contributed by atoms with E-state index < -0.39 is 0 Å². The van der Waals surface area contributed by atoms with Gasteiger partial charge in [-0.05, 0) is 38.0 Å². The molecule has 2 atom stereocenters. The molecule has 1 saturated carbocycles. The molecule has 1 aliphatic carbocycles. The van der Waals surface area contributed by atoms with Gasteiger partial charge in [0, 0.05) is 11.3 Å². The van der Waals surface area contributed by atoms with E-state index in [0.717, 1.165) is 28.4 Å². The van der Waals surface area contributed by atoms with Gasteiger partial charge >= 0.3 is 0 Å². The summed E-state index contributed by atoms with van der Waals surface area (Å²) in [6.07, 6.45) is 3.69. The molecule has 1 aromatic heterocycles. The molecule has 1 heterocycles. The van der Waals surface area contributed by atoms with Crippen LogP contribution in [0, 0.1) is 13.8 Å². The van der Waals surface area contributed by atoms with Crippen LogP contribution >= 0.6 is 24.0 Å². The van der Waals surface area contributed by atoms with Gasteiger partial charge in [0.2, 0.25) is 0 Å². The van der Waals surface area contributed by atoms with Crippen LogP contribution in [0.4, 0.5) is 5.82 Å². The van der Waals surface area contributed by atoms with Gasteiger partial charge in [-0.2, -0.15) is 16.9 Å². The number of thiocarbonyl (C=S) groups is 1. The molecule has 0 spiro atoms. The molecule has 110 valence electrons. The minimum absolute atomic E-state index is 0.390. The van der Waals surface area contributed by atoms with E-state index in [1.807, 2.05) is 25.6 Å². The molecule has 2 rings (SSSR count). The number of aromatic nitrogens is 2. The van der Waals surface area contributed by atoms with E-state index in [0.29, 0.717) is 16.3 Å². The van der Waals surface area contributed by atoms with Gasteiger partial charge in [-0.1, -0.05) is 25.6 Å². The van der Waals surface area contributed by atoms with Crippen LogP contribution in [-0.4, -0.2) is 32.2 Å². The summed E-state index contributed by atoms with van der Waals surface area (Å²) in [5.74, 6) is 1.89. The van der Waals surface area contributed by atoms with Crippen LogP contribution in [0.15, 0.2) is 0 Å². The van der Waals surface area contributed by atoms with E-state index >= 15 is 0 Å². The highest BCUT2D eigenvalue weighted by atomic mass is 32.2. The van der Waals surface area contributed by atoms with Crippen LogP contribution < -0.4 is 11.1 Å². The van der Waals surface area contributed by atoms with Gasteiger partial charge in [0.05, 0.1) is 11.3 Å². The number of nitrogens with one attached hydrogen (secondary N) is 1. The lowest BCUT2D eigenvalue weighted by Gasteiger charge is -2.22. The Hall–Kier alpha value is -0.880. The Morgan fingerprint density at radius 2 is 2.15 bits per heavy atom. The summed E-state index contributed by atoms with van der Waals surface area (Å²) in [7, 11) is 0. The lowest BCUT2D eigenvalue weighted by molar-refractivity contribution is 0.755. The first-order valence-corrected chi connectivity index (χ1v) is 8.52. The Kier molecular flexibility index (Phi) is 5.21. The zero-order valence-electron chi connectivity index (χ0n) is 12.3. The van der Waals surface area contributed by atoms with Crippen molar-refractivity contribution >= 4 is 34.8 Å². The van der Waals surface area contributed by atoms with Crippen molar-refractivity contribution in [2.45, 2.75) is 51.3 Å². The zero-order chi connectivity index (χ0) is 14.7. The summed E-state index contributed by atoms with van der Waals surface area (Å²) in [5, 5.41) is 12.7. The quantitative estimate of drug-likeness (QED) is 0.815. The number of nitrogens with two attached hydrogens (primary N) is 1. The van der Waals surface area contributed by atoms with Gasteiger partial charge in [-0.3, -0.25) is 0 Å². The summed E-state index contributed by atoms with van der Waals surface area (Å²) in [4.78, 5) is 0.390. The number of aryl methyl sites for hydroxylation is 1. The van der Waals surface area contributed by atoms with Crippen LogP contribution in [-0.2, 0) is 0 Å². The average Bonchev–Trinajstić information content (AvgIpc) is 2.81. The lowest BCUT2D eigenvalue weighted by Crippen LogP contribution is -2.29. The van der Waals surface area contributed by atoms with Gasteiger partial charge in [0.1, 0.15) is 4.99 Å². The third kappa shape index (κ3) is 3.23. The predicted octanol–water partition coefficient (Wildman–Crippen LogP) is 2.81. The van der Waals surface area contributed by atoms with E-state index in [-0.39, 0.29) is 0 Å². The topological polar surface area (TPSA) is 63.8 Å². The molecule has 0 bridgehead atoms. The summed E-state index contributed by atoms with van der Waals surface area (Å²) < 4.78 is 0. The van der Waals surface area contributed by atoms with E-state index in [4.69, 9.17) is 18.0 Å². The van der Waals surface area contributed by atoms with Crippen LogP contribution in [0.5, 0.6) is 0 Å². The minimum atomic E-state index is 0.390. The van der Waals surface area contributed by atoms with E-state index in [9.17, 15) is 0 Å². The SMILES string of the molecule is CCSC1CCCC1Nc1nnc(C)c(C)c1C(N)=S. The summed E-state index contributed by atoms with van der Waals surface area (Å²) >= 11 is 7.20. The van der Waals surface area contributed by atoms with Crippen molar-refractivity contribution in [3.05, 3.63) is 16.8 Å².